The molecule has 2 rings (SSSR count). The highest BCUT2D eigenvalue weighted by Crippen LogP contribution is 2.28. The summed E-state index contributed by atoms with van der Waals surface area (Å²) in [5.74, 6) is 0.654. The van der Waals surface area contributed by atoms with Gasteiger partial charge in [0.05, 0.1) is 0 Å². The highest BCUT2D eigenvalue weighted by Gasteiger charge is 2.03. The zero-order valence-electron chi connectivity index (χ0n) is 6.78. The molecule has 1 heterocycles. The highest BCUT2D eigenvalue weighted by molar-refractivity contribution is 9.11. The molecule has 0 spiro atoms. The minimum Gasteiger partial charge on any atom is -0.430 e. The molecule has 0 aliphatic carbocycles. The minimum absolute atomic E-state index is 0.485. The fraction of sp³-hybridized carbons (Fsp3) is 0. The van der Waals surface area contributed by atoms with Gasteiger partial charge in [0.1, 0.15) is 5.75 Å². The van der Waals surface area contributed by atoms with E-state index in [2.05, 4.69) is 26.1 Å². The van der Waals surface area contributed by atoms with Gasteiger partial charge in [-0.2, -0.15) is 0 Å². The van der Waals surface area contributed by atoms with Crippen LogP contribution in [0.1, 0.15) is 0 Å². The number of ether oxygens (including phenoxy) is 1. The van der Waals surface area contributed by atoms with E-state index in [0.29, 0.717) is 19.9 Å². The lowest BCUT2D eigenvalue weighted by Gasteiger charge is -1.99. The molecule has 1 aromatic heterocycles. The SMILES string of the molecule is Clc1cccc(Oc2nnc(Br)s2)c1. The summed E-state index contributed by atoms with van der Waals surface area (Å²) in [5, 5.41) is 8.68. The molecule has 0 N–H and O–H groups in total. The number of aromatic nitrogens is 2. The Morgan fingerprint density at radius 2 is 2.21 bits per heavy atom. The van der Waals surface area contributed by atoms with Crippen LogP contribution in [-0.2, 0) is 0 Å². The Labute approximate surface area is 97.8 Å². The Kier molecular flexibility index (Phi) is 3.00. The zero-order valence-corrected chi connectivity index (χ0v) is 9.93. The molecule has 0 radical (unpaired) electrons. The van der Waals surface area contributed by atoms with Gasteiger partial charge in [0.25, 0.3) is 5.19 Å². The maximum absolute atomic E-state index is 5.79. The summed E-state index contributed by atoms with van der Waals surface area (Å²) in [6.07, 6.45) is 0. The van der Waals surface area contributed by atoms with E-state index in [9.17, 15) is 0 Å². The Hall–Kier alpha value is -0.650. The molecule has 0 saturated heterocycles. The average Bonchev–Trinajstić information content (AvgIpc) is 2.51. The van der Waals surface area contributed by atoms with Crippen molar-refractivity contribution in [1.82, 2.24) is 10.2 Å². The van der Waals surface area contributed by atoms with Crippen molar-refractivity contribution in [2.75, 3.05) is 0 Å². The second-order valence-corrected chi connectivity index (χ2v) is 5.03. The third kappa shape index (κ3) is 2.43. The quantitative estimate of drug-likeness (QED) is 0.845. The monoisotopic (exact) mass is 290 g/mol. The number of halogens is 2. The first-order valence-corrected chi connectivity index (χ1v) is 5.65. The number of nitrogens with zero attached hydrogens (tertiary/aromatic N) is 2. The molecule has 0 amide bonds. The first-order valence-electron chi connectivity index (χ1n) is 3.66. The van der Waals surface area contributed by atoms with Gasteiger partial charge in [-0.25, -0.2) is 0 Å². The van der Waals surface area contributed by atoms with E-state index in [4.69, 9.17) is 16.3 Å². The summed E-state index contributed by atoms with van der Waals surface area (Å²) in [5.41, 5.74) is 0. The molecule has 3 nitrogen and oxygen atoms in total. The standard InChI is InChI=1S/C8H4BrClN2OS/c9-7-11-12-8(14-7)13-6-3-1-2-5(10)4-6/h1-4H. The lowest BCUT2D eigenvalue weighted by molar-refractivity contribution is 0.473. The van der Waals surface area contributed by atoms with Gasteiger partial charge in [0, 0.05) is 5.02 Å². The average molecular weight is 292 g/mol. The Balaban J connectivity index is 2.18. The van der Waals surface area contributed by atoms with Crippen molar-refractivity contribution in [2.45, 2.75) is 0 Å². The smallest absolute Gasteiger partial charge is 0.300 e. The molecule has 2 aromatic rings. The van der Waals surface area contributed by atoms with Crippen LogP contribution in [0.15, 0.2) is 28.2 Å². The van der Waals surface area contributed by atoms with Crippen LogP contribution in [0.25, 0.3) is 0 Å². The van der Waals surface area contributed by atoms with Crippen LogP contribution in [0, 0.1) is 0 Å². The van der Waals surface area contributed by atoms with E-state index in [1.807, 2.05) is 6.07 Å². The summed E-state index contributed by atoms with van der Waals surface area (Å²) < 4.78 is 6.10. The van der Waals surface area contributed by atoms with Gasteiger partial charge >= 0.3 is 0 Å². The molecular formula is C8H4BrClN2OS. The summed E-state index contributed by atoms with van der Waals surface area (Å²) in [6.45, 7) is 0. The Morgan fingerprint density at radius 3 is 2.86 bits per heavy atom. The van der Waals surface area contributed by atoms with Crippen molar-refractivity contribution in [3.8, 4) is 10.9 Å². The van der Waals surface area contributed by atoms with Crippen molar-refractivity contribution >= 4 is 38.9 Å². The van der Waals surface area contributed by atoms with Gasteiger partial charge < -0.3 is 4.74 Å². The van der Waals surface area contributed by atoms with Gasteiger partial charge in [0.2, 0.25) is 0 Å². The van der Waals surface area contributed by atoms with E-state index in [1.54, 1.807) is 18.2 Å². The molecule has 0 bridgehead atoms. The molecule has 0 aliphatic rings. The van der Waals surface area contributed by atoms with Gasteiger partial charge in [-0.1, -0.05) is 22.8 Å². The molecule has 0 aliphatic heterocycles. The predicted octanol–water partition coefficient (Wildman–Crippen LogP) is 3.75. The lowest BCUT2D eigenvalue weighted by atomic mass is 10.3. The third-order valence-electron chi connectivity index (χ3n) is 1.38. The number of benzene rings is 1. The summed E-state index contributed by atoms with van der Waals surface area (Å²) in [6, 6.07) is 7.12. The fourth-order valence-corrected chi connectivity index (χ4v) is 1.99. The molecular weight excluding hydrogens is 288 g/mol. The predicted molar refractivity (Wildman–Crippen MR) is 59.1 cm³/mol. The molecule has 0 atom stereocenters. The molecule has 6 heteroatoms. The van der Waals surface area contributed by atoms with Gasteiger partial charge in [-0.15, -0.1) is 5.10 Å². The van der Waals surface area contributed by atoms with Crippen LogP contribution >= 0.6 is 38.9 Å². The minimum atomic E-state index is 0.485. The van der Waals surface area contributed by atoms with Crippen molar-refractivity contribution in [3.05, 3.63) is 33.2 Å². The molecule has 72 valence electrons. The first kappa shape index (κ1) is 9.89. The maximum atomic E-state index is 5.79. The normalized spacial score (nSPS) is 10.1. The Bertz CT molecular complexity index is 448. The van der Waals surface area contributed by atoms with E-state index in [-0.39, 0.29) is 0 Å². The van der Waals surface area contributed by atoms with Crippen LogP contribution in [-0.4, -0.2) is 10.2 Å². The van der Waals surface area contributed by atoms with Crippen LogP contribution in [0.3, 0.4) is 0 Å². The van der Waals surface area contributed by atoms with E-state index >= 15 is 0 Å². The van der Waals surface area contributed by atoms with Crippen LogP contribution in [0.5, 0.6) is 10.9 Å². The lowest BCUT2D eigenvalue weighted by Crippen LogP contribution is -1.82. The zero-order chi connectivity index (χ0) is 9.97. The first-order chi connectivity index (χ1) is 6.74. The second kappa shape index (κ2) is 4.25. The van der Waals surface area contributed by atoms with Crippen molar-refractivity contribution in [3.63, 3.8) is 0 Å². The largest absolute Gasteiger partial charge is 0.430 e. The summed E-state index contributed by atoms with van der Waals surface area (Å²) in [4.78, 5) is 0. The van der Waals surface area contributed by atoms with Crippen LogP contribution in [0.4, 0.5) is 0 Å². The number of hydrogen-bond acceptors (Lipinski definition) is 4. The highest BCUT2D eigenvalue weighted by atomic mass is 79.9. The Morgan fingerprint density at radius 1 is 1.36 bits per heavy atom. The van der Waals surface area contributed by atoms with Crippen LogP contribution in [0.2, 0.25) is 5.02 Å². The number of rotatable bonds is 2. The van der Waals surface area contributed by atoms with E-state index in [1.165, 1.54) is 11.3 Å². The van der Waals surface area contributed by atoms with E-state index in [0.717, 1.165) is 0 Å². The molecule has 0 unspecified atom stereocenters. The van der Waals surface area contributed by atoms with Crippen molar-refractivity contribution in [1.29, 1.82) is 0 Å². The van der Waals surface area contributed by atoms with Crippen molar-refractivity contribution < 1.29 is 4.74 Å². The van der Waals surface area contributed by atoms with E-state index < -0.39 is 0 Å². The molecule has 0 fully saturated rings. The maximum Gasteiger partial charge on any atom is 0.300 e. The fourth-order valence-electron chi connectivity index (χ4n) is 0.866. The molecule has 1 aromatic carbocycles. The van der Waals surface area contributed by atoms with Crippen LogP contribution < -0.4 is 4.74 Å². The summed E-state index contributed by atoms with van der Waals surface area (Å²) in [7, 11) is 0. The molecule has 14 heavy (non-hydrogen) atoms. The summed E-state index contributed by atoms with van der Waals surface area (Å²) >= 11 is 10.3. The second-order valence-electron chi connectivity index (χ2n) is 2.38. The van der Waals surface area contributed by atoms with Gasteiger partial charge in [-0.3, -0.25) is 0 Å². The number of hydrogen-bond donors (Lipinski definition) is 0. The van der Waals surface area contributed by atoms with Crippen molar-refractivity contribution in [2.24, 2.45) is 0 Å². The molecule has 0 saturated carbocycles. The topological polar surface area (TPSA) is 35.0 Å². The van der Waals surface area contributed by atoms with Gasteiger partial charge in [-0.05, 0) is 45.5 Å². The van der Waals surface area contributed by atoms with Gasteiger partial charge in [0.15, 0.2) is 3.92 Å². The third-order valence-corrected chi connectivity index (χ3v) is 2.85.